The van der Waals surface area contributed by atoms with Crippen LogP contribution in [0.1, 0.15) is 5.56 Å². The first-order valence-corrected chi connectivity index (χ1v) is 7.11. The summed E-state index contributed by atoms with van der Waals surface area (Å²) in [5.41, 5.74) is 1.16. The zero-order chi connectivity index (χ0) is 13.1. The molecule has 1 aromatic heterocycles. The van der Waals surface area contributed by atoms with Gasteiger partial charge in [-0.25, -0.2) is 0 Å². The van der Waals surface area contributed by atoms with Gasteiger partial charge in [0.2, 0.25) is 0 Å². The second-order valence-corrected chi connectivity index (χ2v) is 5.41. The molecule has 0 bridgehead atoms. The Labute approximate surface area is 125 Å². The molecule has 1 heterocycles. The lowest BCUT2D eigenvalue weighted by atomic mass is 10.1. The Morgan fingerprint density at radius 3 is 2.58 bits per heavy atom. The molecule has 0 saturated heterocycles. The van der Waals surface area contributed by atoms with E-state index >= 15 is 0 Å². The zero-order valence-electron chi connectivity index (χ0n) is 10.2. The van der Waals surface area contributed by atoms with E-state index in [1.165, 1.54) is 5.39 Å². The highest BCUT2D eigenvalue weighted by Crippen LogP contribution is 2.28. The lowest BCUT2D eigenvalue weighted by Gasteiger charge is -2.09. The standard InChI is InChI=1S/C16H12INO/c17-15-10-18-9-14-13(15)7-4-8-16(14)19-11-12-5-2-1-3-6-12/h1-10H,11H2. The minimum atomic E-state index is 0.575. The molecule has 0 amide bonds. The van der Waals surface area contributed by atoms with Crippen molar-refractivity contribution in [2.24, 2.45) is 0 Å². The van der Waals surface area contributed by atoms with E-state index < -0.39 is 0 Å². The van der Waals surface area contributed by atoms with Crippen LogP contribution in [0.15, 0.2) is 60.9 Å². The second-order valence-electron chi connectivity index (χ2n) is 4.25. The predicted octanol–water partition coefficient (Wildman–Crippen LogP) is 4.42. The van der Waals surface area contributed by atoms with Crippen molar-refractivity contribution in [2.75, 3.05) is 0 Å². The van der Waals surface area contributed by atoms with Gasteiger partial charge in [0.1, 0.15) is 12.4 Å². The van der Waals surface area contributed by atoms with Crippen LogP contribution in [0.3, 0.4) is 0 Å². The zero-order valence-corrected chi connectivity index (χ0v) is 12.4. The van der Waals surface area contributed by atoms with Crippen LogP contribution in [0.4, 0.5) is 0 Å². The van der Waals surface area contributed by atoms with E-state index in [-0.39, 0.29) is 0 Å². The molecule has 0 aliphatic rings. The van der Waals surface area contributed by atoms with Crippen molar-refractivity contribution in [3.63, 3.8) is 0 Å². The summed E-state index contributed by atoms with van der Waals surface area (Å²) in [4.78, 5) is 4.24. The van der Waals surface area contributed by atoms with Gasteiger partial charge in [-0.3, -0.25) is 4.98 Å². The van der Waals surface area contributed by atoms with Gasteiger partial charge in [-0.2, -0.15) is 0 Å². The summed E-state index contributed by atoms with van der Waals surface area (Å²) in [6.07, 6.45) is 3.72. The molecule has 0 fully saturated rings. The summed E-state index contributed by atoms with van der Waals surface area (Å²) < 4.78 is 7.06. The highest BCUT2D eigenvalue weighted by Gasteiger charge is 2.05. The van der Waals surface area contributed by atoms with Crippen molar-refractivity contribution in [3.8, 4) is 5.75 Å². The third-order valence-corrected chi connectivity index (χ3v) is 3.81. The number of halogens is 1. The van der Waals surface area contributed by atoms with E-state index in [1.54, 1.807) is 0 Å². The molecule has 3 rings (SSSR count). The first-order valence-electron chi connectivity index (χ1n) is 6.03. The van der Waals surface area contributed by atoms with Crippen LogP contribution in [-0.4, -0.2) is 4.98 Å². The maximum Gasteiger partial charge on any atom is 0.129 e. The fourth-order valence-corrected chi connectivity index (χ4v) is 2.62. The molecule has 0 spiro atoms. The Morgan fingerprint density at radius 1 is 0.895 bits per heavy atom. The van der Waals surface area contributed by atoms with Crippen molar-refractivity contribution in [2.45, 2.75) is 6.61 Å². The summed E-state index contributed by atoms with van der Waals surface area (Å²) in [5.74, 6) is 0.882. The number of pyridine rings is 1. The maximum absolute atomic E-state index is 5.92. The Kier molecular flexibility index (Phi) is 3.64. The van der Waals surface area contributed by atoms with Gasteiger partial charge in [-0.15, -0.1) is 0 Å². The van der Waals surface area contributed by atoms with Gasteiger partial charge < -0.3 is 4.74 Å². The molecule has 0 unspecified atom stereocenters. The van der Waals surface area contributed by atoms with Gasteiger partial charge in [0.15, 0.2) is 0 Å². The molecule has 0 atom stereocenters. The fourth-order valence-electron chi connectivity index (χ4n) is 1.99. The predicted molar refractivity (Wildman–Crippen MR) is 85.2 cm³/mol. The average Bonchev–Trinajstić information content (AvgIpc) is 2.47. The molecule has 2 nitrogen and oxygen atoms in total. The summed E-state index contributed by atoms with van der Waals surface area (Å²) >= 11 is 2.30. The van der Waals surface area contributed by atoms with Crippen molar-refractivity contribution >= 4 is 33.4 Å². The molecule has 3 aromatic rings. The first kappa shape index (κ1) is 12.4. The number of fused-ring (bicyclic) bond motifs is 1. The molecule has 0 radical (unpaired) electrons. The van der Waals surface area contributed by atoms with E-state index in [4.69, 9.17) is 4.74 Å². The summed E-state index contributed by atoms with van der Waals surface area (Å²) in [5, 5.41) is 2.24. The van der Waals surface area contributed by atoms with Crippen LogP contribution in [0.2, 0.25) is 0 Å². The van der Waals surface area contributed by atoms with Crippen molar-refractivity contribution in [1.29, 1.82) is 0 Å². The smallest absolute Gasteiger partial charge is 0.129 e. The van der Waals surface area contributed by atoms with Crippen molar-refractivity contribution in [3.05, 3.63) is 70.1 Å². The lowest BCUT2D eigenvalue weighted by Crippen LogP contribution is -1.96. The number of hydrogen-bond donors (Lipinski definition) is 0. The van der Waals surface area contributed by atoms with Crippen LogP contribution in [0.5, 0.6) is 5.75 Å². The average molecular weight is 361 g/mol. The number of benzene rings is 2. The molecule has 0 N–H and O–H groups in total. The Morgan fingerprint density at radius 2 is 1.74 bits per heavy atom. The monoisotopic (exact) mass is 361 g/mol. The second kappa shape index (κ2) is 5.57. The normalized spacial score (nSPS) is 10.6. The van der Waals surface area contributed by atoms with Gasteiger partial charge in [-0.1, -0.05) is 42.5 Å². The van der Waals surface area contributed by atoms with E-state index in [2.05, 4.69) is 45.8 Å². The Hall–Kier alpha value is -1.62. The number of hydrogen-bond acceptors (Lipinski definition) is 2. The minimum Gasteiger partial charge on any atom is -0.488 e. The number of aromatic nitrogens is 1. The summed E-state index contributed by atoms with van der Waals surface area (Å²) in [6, 6.07) is 16.3. The van der Waals surface area contributed by atoms with Crippen LogP contribution in [0, 0.1) is 3.57 Å². The molecule has 0 aliphatic carbocycles. The third-order valence-electron chi connectivity index (χ3n) is 2.95. The molecule has 94 valence electrons. The van der Waals surface area contributed by atoms with Crippen LogP contribution < -0.4 is 4.74 Å². The van der Waals surface area contributed by atoms with Crippen molar-refractivity contribution < 1.29 is 4.74 Å². The molecule has 0 aliphatic heterocycles. The minimum absolute atomic E-state index is 0.575. The van der Waals surface area contributed by atoms with E-state index in [1.807, 2.05) is 42.7 Å². The molecule has 0 saturated carbocycles. The summed E-state index contributed by atoms with van der Waals surface area (Å²) in [6.45, 7) is 0.575. The third kappa shape index (κ3) is 2.71. The van der Waals surface area contributed by atoms with Crippen LogP contribution in [-0.2, 0) is 6.61 Å². The van der Waals surface area contributed by atoms with E-state index in [9.17, 15) is 0 Å². The lowest BCUT2D eigenvalue weighted by molar-refractivity contribution is 0.310. The van der Waals surface area contributed by atoms with Crippen molar-refractivity contribution in [1.82, 2.24) is 4.98 Å². The number of nitrogens with zero attached hydrogens (tertiary/aromatic N) is 1. The van der Waals surface area contributed by atoms with Gasteiger partial charge >= 0.3 is 0 Å². The molecular weight excluding hydrogens is 349 g/mol. The van der Waals surface area contributed by atoms with Gasteiger partial charge in [-0.05, 0) is 34.2 Å². The highest BCUT2D eigenvalue weighted by atomic mass is 127. The highest BCUT2D eigenvalue weighted by molar-refractivity contribution is 14.1. The van der Waals surface area contributed by atoms with E-state index in [0.29, 0.717) is 6.61 Å². The molecule has 19 heavy (non-hydrogen) atoms. The largest absolute Gasteiger partial charge is 0.488 e. The van der Waals surface area contributed by atoms with E-state index in [0.717, 1.165) is 20.3 Å². The molecule has 3 heteroatoms. The van der Waals surface area contributed by atoms with Gasteiger partial charge in [0.05, 0.1) is 0 Å². The topological polar surface area (TPSA) is 22.1 Å². The number of rotatable bonds is 3. The molecule has 2 aromatic carbocycles. The van der Waals surface area contributed by atoms with Crippen LogP contribution in [0.25, 0.3) is 10.8 Å². The van der Waals surface area contributed by atoms with Gasteiger partial charge in [0.25, 0.3) is 0 Å². The number of ether oxygens (including phenoxy) is 1. The van der Waals surface area contributed by atoms with Gasteiger partial charge in [0, 0.05) is 26.7 Å². The quantitative estimate of drug-likeness (QED) is 0.645. The Balaban J connectivity index is 1.91. The molecular formula is C16H12INO. The SMILES string of the molecule is Ic1cncc2c(OCc3ccccc3)cccc12. The van der Waals surface area contributed by atoms with Crippen LogP contribution >= 0.6 is 22.6 Å². The maximum atomic E-state index is 5.92. The fraction of sp³-hybridized carbons (Fsp3) is 0.0625. The Bertz CT molecular complexity index is 697. The summed E-state index contributed by atoms with van der Waals surface area (Å²) in [7, 11) is 0. The first-order chi connectivity index (χ1) is 9.34.